The molecule has 2 rings (SSSR count). The van der Waals surface area contributed by atoms with Crippen LogP contribution in [0.4, 0.5) is 0 Å². The molecule has 0 radical (unpaired) electrons. The Labute approximate surface area is 122 Å². The van der Waals surface area contributed by atoms with Crippen LogP contribution in [0.1, 0.15) is 39.9 Å². The fraction of sp³-hybridized carbons (Fsp3) is 0.267. The Morgan fingerprint density at radius 3 is 2.85 bits per heavy atom. The normalized spacial score (nSPS) is 11.4. The van der Waals surface area contributed by atoms with Crippen molar-refractivity contribution in [3.05, 3.63) is 52.0 Å². The van der Waals surface area contributed by atoms with Crippen molar-refractivity contribution in [2.45, 2.75) is 26.7 Å². The number of rotatable bonds is 5. The molecule has 104 valence electrons. The first-order valence-corrected chi connectivity index (χ1v) is 7.36. The predicted octanol–water partition coefficient (Wildman–Crippen LogP) is 3.39. The van der Waals surface area contributed by atoms with Crippen LogP contribution in [-0.4, -0.2) is 16.6 Å². The van der Waals surface area contributed by atoms with Gasteiger partial charge in [0.15, 0.2) is 0 Å². The van der Waals surface area contributed by atoms with Gasteiger partial charge in [0.2, 0.25) is 0 Å². The van der Waals surface area contributed by atoms with Crippen LogP contribution in [0.5, 0.6) is 0 Å². The Kier molecular flexibility index (Phi) is 5.01. The molecule has 20 heavy (non-hydrogen) atoms. The molecule has 0 aromatic carbocycles. The molecule has 0 saturated heterocycles. The summed E-state index contributed by atoms with van der Waals surface area (Å²) in [6, 6.07) is 7.56. The van der Waals surface area contributed by atoms with Gasteiger partial charge in [-0.05, 0) is 37.6 Å². The maximum Gasteiger partial charge on any atom is 0.272 e. The van der Waals surface area contributed by atoms with E-state index in [0.717, 1.165) is 23.4 Å². The monoisotopic (exact) mass is 287 g/mol. The number of thiophene rings is 1. The van der Waals surface area contributed by atoms with Crippen molar-refractivity contribution in [2.24, 2.45) is 5.10 Å². The number of aryl methyl sites for hydroxylation is 1. The average Bonchev–Trinajstić information content (AvgIpc) is 2.90. The number of carbonyl (C=O) groups excluding carboxylic acids is 1. The van der Waals surface area contributed by atoms with E-state index in [1.54, 1.807) is 29.7 Å². The second-order valence-corrected chi connectivity index (χ2v) is 5.69. The topological polar surface area (TPSA) is 54.4 Å². The van der Waals surface area contributed by atoms with Crippen molar-refractivity contribution in [1.29, 1.82) is 0 Å². The van der Waals surface area contributed by atoms with Gasteiger partial charge in [0.1, 0.15) is 0 Å². The molecule has 1 amide bonds. The summed E-state index contributed by atoms with van der Waals surface area (Å²) >= 11 is 1.69. The number of pyridine rings is 1. The third-order valence-electron chi connectivity index (χ3n) is 2.73. The summed E-state index contributed by atoms with van der Waals surface area (Å²) in [5, 5.41) is 4.27. The molecule has 0 bridgehead atoms. The van der Waals surface area contributed by atoms with Crippen LogP contribution in [0.2, 0.25) is 0 Å². The number of aromatic nitrogens is 1. The zero-order valence-electron chi connectivity index (χ0n) is 11.6. The minimum Gasteiger partial charge on any atom is -0.267 e. The molecule has 4 nitrogen and oxygen atoms in total. The molecule has 0 spiro atoms. The summed E-state index contributed by atoms with van der Waals surface area (Å²) in [5.74, 6) is -0.236. The van der Waals surface area contributed by atoms with E-state index in [4.69, 9.17) is 0 Å². The van der Waals surface area contributed by atoms with Gasteiger partial charge < -0.3 is 0 Å². The summed E-state index contributed by atoms with van der Waals surface area (Å²) < 4.78 is 0. The Morgan fingerprint density at radius 1 is 1.40 bits per heavy atom. The lowest BCUT2D eigenvalue weighted by molar-refractivity contribution is 0.0954. The molecular formula is C15H17N3OS. The molecule has 0 aliphatic carbocycles. The van der Waals surface area contributed by atoms with Crippen molar-refractivity contribution in [3.63, 3.8) is 0 Å². The Hall–Kier alpha value is -2.01. The van der Waals surface area contributed by atoms with E-state index >= 15 is 0 Å². The quantitative estimate of drug-likeness (QED) is 0.677. The summed E-state index contributed by atoms with van der Waals surface area (Å²) in [7, 11) is 0. The minimum atomic E-state index is -0.236. The van der Waals surface area contributed by atoms with Crippen LogP contribution in [0, 0.1) is 6.92 Å². The van der Waals surface area contributed by atoms with E-state index in [9.17, 15) is 4.79 Å². The Morgan fingerprint density at radius 2 is 2.25 bits per heavy atom. The van der Waals surface area contributed by atoms with Gasteiger partial charge in [-0.3, -0.25) is 9.78 Å². The number of nitrogens with one attached hydrogen (secondary N) is 1. The molecular weight excluding hydrogens is 270 g/mol. The van der Waals surface area contributed by atoms with E-state index < -0.39 is 0 Å². The zero-order chi connectivity index (χ0) is 14.4. The SMILES string of the molecule is CCC/C(=N/NC(=O)c1cccnc1)c1ccc(C)s1. The summed E-state index contributed by atoms with van der Waals surface area (Å²) in [6.45, 7) is 4.16. The van der Waals surface area contributed by atoms with Crippen molar-refractivity contribution in [3.8, 4) is 0 Å². The van der Waals surface area contributed by atoms with Gasteiger partial charge in [0.25, 0.3) is 5.91 Å². The molecule has 0 aliphatic heterocycles. The number of hydrogen-bond donors (Lipinski definition) is 1. The highest BCUT2D eigenvalue weighted by molar-refractivity contribution is 7.14. The van der Waals surface area contributed by atoms with E-state index in [0.29, 0.717) is 5.56 Å². The zero-order valence-corrected chi connectivity index (χ0v) is 12.4. The maximum atomic E-state index is 11.9. The second kappa shape index (κ2) is 6.96. The van der Waals surface area contributed by atoms with Crippen LogP contribution >= 0.6 is 11.3 Å². The molecule has 2 heterocycles. The number of carbonyl (C=O) groups is 1. The van der Waals surface area contributed by atoms with E-state index in [1.165, 1.54) is 11.1 Å². The molecule has 0 unspecified atom stereocenters. The highest BCUT2D eigenvalue weighted by atomic mass is 32.1. The number of hydrogen-bond acceptors (Lipinski definition) is 4. The fourth-order valence-electron chi connectivity index (χ4n) is 1.74. The third-order valence-corrected chi connectivity index (χ3v) is 3.78. The van der Waals surface area contributed by atoms with E-state index in [-0.39, 0.29) is 5.91 Å². The van der Waals surface area contributed by atoms with Crippen LogP contribution in [0.3, 0.4) is 0 Å². The van der Waals surface area contributed by atoms with Gasteiger partial charge in [-0.25, -0.2) is 5.43 Å². The molecule has 5 heteroatoms. The average molecular weight is 287 g/mol. The van der Waals surface area contributed by atoms with E-state index in [2.05, 4.69) is 35.4 Å². The van der Waals surface area contributed by atoms with Gasteiger partial charge in [0, 0.05) is 17.3 Å². The highest BCUT2D eigenvalue weighted by Gasteiger charge is 2.08. The first-order valence-electron chi connectivity index (χ1n) is 6.54. The Balaban J connectivity index is 2.12. The molecule has 0 aliphatic rings. The largest absolute Gasteiger partial charge is 0.272 e. The molecule has 0 fully saturated rings. The van der Waals surface area contributed by atoms with Crippen LogP contribution in [0.15, 0.2) is 41.8 Å². The lowest BCUT2D eigenvalue weighted by Gasteiger charge is -2.04. The van der Waals surface area contributed by atoms with Gasteiger partial charge in [-0.15, -0.1) is 11.3 Å². The van der Waals surface area contributed by atoms with Crippen LogP contribution in [0.25, 0.3) is 0 Å². The fourth-order valence-corrected chi connectivity index (χ4v) is 2.63. The van der Waals surface area contributed by atoms with Gasteiger partial charge in [-0.2, -0.15) is 5.10 Å². The number of amides is 1. The molecule has 0 saturated carbocycles. The lowest BCUT2D eigenvalue weighted by atomic mass is 10.2. The van der Waals surface area contributed by atoms with E-state index in [1.807, 2.05) is 6.07 Å². The van der Waals surface area contributed by atoms with Crippen molar-refractivity contribution in [2.75, 3.05) is 0 Å². The lowest BCUT2D eigenvalue weighted by Crippen LogP contribution is -2.20. The Bertz CT molecular complexity index is 605. The summed E-state index contributed by atoms with van der Waals surface area (Å²) in [5.41, 5.74) is 4.04. The minimum absolute atomic E-state index is 0.236. The molecule has 1 N–H and O–H groups in total. The first kappa shape index (κ1) is 14.4. The second-order valence-electron chi connectivity index (χ2n) is 4.40. The summed E-state index contributed by atoms with van der Waals surface area (Å²) in [6.07, 6.45) is 4.99. The van der Waals surface area contributed by atoms with Crippen LogP contribution in [-0.2, 0) is 0 Å². The van der Waals surface area contributed by atoms with Gasteiger partial charge in [-0.1, -0.05) is 13.3 Å². The third kappa shape index (κ3) is 3.74. The first-order chi connectivity index (χ1) is 9.70. The van der Waals surface area contributed by atoms with Gasteiger partial charge >= 0.3 is 0 Å². The van der Waals surface area contributed by atoms with Gasteiger partial charge in [0.05, 0.1) is 16.2 Å². The number of hydrazone groups is 1. The molecule has 2 aromatic heterocycles. The van der Waals surface area contributed by atoms with Crippen molar-refractivity contribution < 1.29 is 4.79 Å². The van der Waals surface area contributed by atoms with Crippen molar-refractivity contribution in [1.82, 2.24) is 10.4 Å². The molecule has 2 aromatic rings. The summed E-state index contributed by atoms with van der Waals surface area (Å²) in [4.78, 5) is 18.2. The molecule has 0 atom stereocenters. The highest BCUT2D eigenvalue weighted by Crippen LogP contribution is 2.18. The standard InChI is InChI=1S/C15H17N3OS/c1-3-5-13(14-8-7-11(2)20-14)17-18-15(19)12-6-4-9-16-10-12/h4,6-10H,3,5H2,1-2H3,(H,18,19)/b17-13-. The smallest absolute Gasteiger partial charge is 0.267 e. The van der Waals surface area contributed by atoms with Crippen LogP contribution < -0.4 is 5.43 Å². The maximum absolute atomic E-state index is 11.9. The number of nitrogens with zero attached hydrogens (tertiary/aromatic N) is 2. The van der Waals surface area contributed by atoms with Crippen molar-refractivity contribution >= 4 is 23.0 Å². The predicted molar refractivity (Wildman–Crippen MR) is 82.2 cm³/mol.